The molecular weight excluding hydrogens is 302 g/mol. The molecule has 124 valence electrons. The summed E-state index contributed by atoms with van der Waals surface area (Å²) in [7, 11) is 0. The molecule has 1 aliphatic carbocycles. The number of benzene rings is 2. The molecule has 0 bridgehead atoms. The Morgan fingerprint density at radius 3 is 2.50 bits per heavy atom. The molecule has 2 N–H and O–H groups in total. The van der Waals surface area contributed by atoms with Crippen LogP contribution in [0.2, 0.25) is 0 Å². The van der Waals surface area contributed by atoms with Crippen molar-refractivity contribution in [3.63, 3.8) is 0 Å². The van der Waals surface area contributed by atoms with Crippen LogP contribution in [-0.4, -0.2) is 17.0 Å². The Labute approximate surface area is 141 Å². The van der Waals surface area contributed by atoms with Gasteiger partial charge in [0.05, 0.1) is 5.92 Å². The molecule has 4 nitrogen and oxygen atoms in total. The van der Waals surface area contributed by atoms with E-state index in [1.54, 1.807) is 24.3 Å². The molecule has 0 aromatic heterocycles. The fourth-order valence-corrected chi connectivity index (χ4v) is 3.32. The van der Waals surface area contributed by atoms with Crippen molar-refractivity contribution in [2.75, 3.05) is 5.32 Å². The summed E-state index contributed by atoms with van der Waals surface area (Å²) in [4.78, 5) is 24.0. The monoisotopic (exact) mass is 323 g/mol. The third-order valence-corrected chi connectivity index (χ3v) is 4.56. The summed E-state index contributed by atoms with van der Waals surface area (Å²) in [6.45, 7) is 0. The number of carboxylic acids is 1. The van der Waals surface area contributed by atoms with E-state index in [0.29, 0.717) is 5.56 Å². The minimum Gasteiger partial charge on any atom is -0.481 e. The van der Waals surface area contributed by atoms with Crippen LogP contribution >= 0.6 is 0 Å². The average Bonchev–Trinajstić information content (AvgIpc) is 2.60. The van der Waals surface area contributed by atoms with E-state index in [2.05, 4.69) is 11.4 Å². The lowest BCUT2D eigenvalue weighted by Gasteiger charge is -2.20. The number of fused-ring (bicyclic) bond motifs is 1. The smallest absolute Gasteiger partial charge is 0.311 e. The van der Waals surface area contributed by atoms with Crippen molar-refractivity contribution in [1.82, 2.24) is 0 Å². The molecule has 4 heteroatoms. The van der Waals surface area contributed by atoms with Crippen LogP contribution in [-0.2, 0) is 22.4 Å². The molecule has 0 radical (unpaired) electrons. The van der Waals surface area contributed by atoms with Gasteiger partial charge in [0.25, 0.3) is 0 Å². The number of rotatable bonds is 5. The number of carbonyl (C=O) groups is 2. The molecule has 2 aromatic rings. The highest BCUT2D eigenvalue weighted by Gasteiger charge is 2.24. The zero-order valence-corrected chi connectivity index (χ0v) is 13.5. The zero-order valence-electron chi connectivity index (χ0n) is 13.5. The highest BCUT2D eigenvalue weighted by atomic mass is 16.4. The molecule has 0 saturated carbocycles. The second-order valence-electron chi connectivity index (χ2n) is 6.20. The van der Waals surface area contributed by atoms with Gasteiger partial charge in [0, 0.05) is 12.1 Å². The molecule has 0 aliphatic heterocycles. The van der Waals surface area contributed by atoms with Gasteiger partial charge in [0.15, 0.2) is 0 Å². The molecule has 1 aliphatic rings. The van der Waals surface area contributed by atoms with Gasteiger partial charge >= 0.3 is 5.97 Å². The maximum Gasteiger partial charge on any atom is 0.311 e. The van der Waals surface area contributed by atoms with Crippen LogP contribution in [0, 0.1) is 0 Å². The van der Waals surface area contributed by atoms with E-state index in [-0.39, 0.29) is 12.3 Å². The van der Waals surface area contributed by atoms with E-state index >= 15 is 0 Å². The van der Waals surface area contributed by atoms with E-state index in [1.165, 1.54) is 17.5 Å². The first-order chi connectivity index (χ1) is 11.6. The second kappa shape index (κ2) is 7.30. The maximum atomic E-state index is 12.4. The molecule has 0 fully saturated rings. The molecule has 1 atom stereocenters. The van der Waals surface area contributed by atoms with E-state index in [4.69, 9.17) is 0 Å². The molecule has 2 aromatic carbocycles. The van der Waals surface area contributed by atoms with Gasteiger partial charge in [-0.25, -0.2) is 0 Å². The number of nitrogens with one attached hydrogen (secondary N) is 1. The van der Waals surface area contributed by atoms with Crippen LogP contribution in [0.3, 0.4) is 0 Å². The quantitative estimate of drug-likeness (QED) is 0.880. The number of carbonyl (C=O) groups excluding carboxylic acids is 1. The minimum atomic E-state index is -0.980. The van der Waals surface area contributed by atoms with Crippen LogP contribution in [0.25, 0.3) is 0 Å². The normalized spacial score (nSPS) is 14.5. The first kappa shape index (κ1) is 16.2. The lowest BCUT2D eigenvalue weighted by Crippen LogP contribution is -2.22. The van der Waals surface area contributed by atoms with Crippen molar-refractivity contribution in [3.05, 3.63) is 65.2 Å². The Morgan fingerprint density at radius 1 is 1.00 bits per heavy atom. The lowest BCUT2D eigenvalue weighted by molar-refractivity contribution is -0.140. The van der Waals surface area contributed by atoms with Crippen molar-refractivity contribution in [3.8, 4) is 0 Å². The summed E-state index contributed by atoms with van der Waals surface area (Å²) < 4.78 is 0. The number of anilines is 1. The van der Waals surface area contributed by atoms with Gasteiger partial charge in [0.2, 0.25) is 5.91 Å². The Morgan fingerprint density at radius 2 is 1.75 bits per heavy atom. The van der Waals surface area contributed by atoms with Crippen molar-refractivity contribution in [2.45, 2.75) is 38.0 Å². The largest absolute Gasteiger partial charge is 0.481 e. The van der Waals surface area contributed by atoms with E-state index in [1.807, 2.05) is 18.2 Å². The van der Waals surface area contributed by atoms with E-state index in [0.717, 1.165) is 24.9 Å². The first-order valence-corrected chi connectivity index (χ1v) is 8.33. The second-order valence-corrected chi connectivity index (χ2v) is 6.20. The van der Waals surface area contributed by atoms with Gasteiger partial charge in [-0.15, -0.1) is 0 Å². The summed E-state index contributed by atoms with van der Waals surface area (Å²) >= 11 is 0. The maximum absolute atomic E-state index is 12.4. The van der Waals surface area contributed by atoms with Gasteiger partial charge in [0.1, 0.15) is 0 Å². The number of hydrogen-bond acceptors (Lipinski definition) is 2. The minimum absolute atomic E-state index is 0.0665. The standard InChI is InChI=1S/C20H21NO3/c22-19(13-17(20(23)24)15-7-2-1-3-8-15)21-18-12-6-10-14-9-4-5-11-16(14)18/h1-3,6-8,10,12,17H,4-5,9,11,13H2,(H,21,22)(H,23,24). The van der Waals surface area contributed by atoms with Crippen molar-refractivity contribution < 1.29 is 14.7 Å². The van der Waals surface area contributed by atoms with Gasteiger partial charge in [-0.1, -0.05) is 42.5 Å². The zero-order chi connectivity index (χ0) is 16.9. The Hall–Kier alpha value is -2.62. The van der Waals surface area contributed by atoms with Gasteiger partial charge in [-0.3, -0.25) is 9.59 Å². The molecular formula is C20H21NO3. The Balaban J connectivity index is 1.74. The highest BCUT2D eigenvalue weighted by molar-refractivity contribution is 5.95. The third-order valence-electron chi connectivity index (χ3n) is 4.56. The van der Waals surface area contributed by atoms with Gasteiger partial charge in [-0.05, 0) is 48.4 Å². The summed E-state index contributed by atoms with van der Waals surface area (Å²) in [5.74, 6) is -2.07. The third kappa shape index (κ3) is 3.65. The number of carboxylic acid groups (broad SMARTS) is 1. The first-order valence-electron chi connectivity index (χ1n) is 8.33. The lowest BCUT2D eigenvalue weighted by atomic mass is 9.90. The number of aryl methyl sites for hydroxylation is 1. The topological polar surface area (TPSA) is 66.4 Å². The van der Waals surface area contributed by atoms with Gasteiger partial charge in [-0.2, -0.15) is 0 Å². The van der Waals surface area contributed by atoms with Gasteiger partial charge < -0.3 is 10.4 Å². The predicted molar refractivity (Wildman–Crippen MR) is 93.1 cm³/mol. The summed E-state index contributed by atoms with van der Waals surface area (Å²) in [6, 6.07) is 14.9. The van der Waals surface area contributed by atoms with E-state index < -0.39 is 11.9 Å². The van der Waals surface area contributed by atoms with Crippen molar-refractivity contribution in [1.29, 1.82) is 0 Å². The summed E-state index contributed by atoms with van der Waals surface area (Å²) in [6.07, 6.45) is 4.25. The predicted octanol–water partition coefficient (Wildman–Crippen LogP) is 3.76. The van der Waals surface area contributed by atoms with Crippen LogP contribution in [0.5, 0.6) is 0 Å². The fraction of sp³-hybridized carbons (Fsp3) is 0.300. The molecule has 0 spiro atoms. The van der Waals surface area contributed by atoms with Crippen molar-refractivity contribution in [2.24, 2.45) is 0 Å². The highest BCUT2D eigenvalue weighted by Crippen LogP contribution is 2.28. The number of amides is 1. The summed E-state index contributed by atoms with van der Waals surface area (Å²) in [5, 5.41) is 12.4. The number of aliphatic carboxylic acids is 1. The molecule has 0 saturated heterocycles. The molecule has 24 heavy (non-hydrogen) atoms. The summed E-state index contributed by atoms with van der Waals surface area (Å²) in [5.41, 5.74) is 3.96. The molecule has 3 rings (SSSR count). The van der Waals surface area contributed by atoms with Crippen LogP contribution in [0.15, 0.2) is 48.5 Å². The average molecular weight is 323 g/mol. The Bertz CT molecular complexity index is 740. The molecule has 1 unspecified atom stereocenters. The number of hydrogen-bond donors (Lipinski definition) is 2. The molecule has 0 heterocycles. The van der Waals surface area contributed by atoms with Crippen LogP contribution < -0.4 is 5.32 Å². The van der Waals surface area contributed by atoms with Crippen LogP contribution in [0.1, 0.15) is 41.9 Å². The van der Waals surface area contributed by atoms with Crippen LogP contribution in [0.4, 0.5) is 5.69 Å². The fourth-order valence-electron chi connectivity index (χ4n) is 3.32. The molecule has 1 amide bonds. The van der Waals surface area contributed by atoms with E-state index in [9.17, 15) is 14.7 Å². The van der Waals surface area contributed by atoms with Crippen molar-refractivity contribution >= 4 is 17.6 Å². The SMILES string of the molecule is O=C(CC(C(=O)O)c1ccccc1)Nc1cccc2c1CCCC2. The Kier molecular flexibility index (Phi) is 4.94.